The molecule has 2 heteroatoms. The van der Waals surface area contributed by atoms with Crippen LogP contribution in [0, 0.1) is 5.92 Å². The Labute approximate surface area is 112 Å². The molecule has 0 aromatic carbocycles. The fraction of sp³-hybridized carbons (Fsp3) is 1.00. The lowest BCUT2D eigenvalue weighted by Crippen LogP contribution is -2.43. The third kappa shape index (κ3) is 3.71. The van der Waals surface area contributed by atoms with Gasteiger partial charge in [-0.3, -0.25) is 0 Å². The summed E-state index contributed by atoms with van der Waals surface area (Å²) in [4.78, 5) is 0. The van der Waals surface area contributed by atoms with Crippen LogP contribution < -0.4 is 0 Å². The lowest BCUT2D eigenvalue weighted by Gasteiger charge is -2.41. The Morgan fingerprint density at radius 1 is 0.889 bits per heavy atom. The molecule has 0 spiro atoms. The van der Waals surface area contributed by atoms with Crippen molar-refractivity contribution in [1.29, 1.82) is 0 Å². The van der Waals surface area contributed by atoms with E-state index < -0.39 is 6.29 Å². The first-order valence-electron chi connectivity index (χ1n) is 8.09. The van der Waals surface area contributed by atoms with Crippen molar-refractivity contribution in [2.24, 2.45) is 5.92 Å². The van der Waals surface area contributed by atoms with E-state index in [1.807, 2.05) is 0 Å². The van der Waals surface area contributed by atoms with E-state index in [9.17, 15) is 5.11 Å². The Balaban J connectivity index is 2.10. The highest BCUT2D eigenvalue weighted by Gasteiger charge is 2.40. The van der Waals surface area contributed by atoms with E-state index in [-0.39, 0.29) is 5.60 Å². The molecule has 2 fully saturated rings. The molecule has 0 saturated heterocycles. The first-order chi connectivity index (χ1) is 8.73. The van der Waals surface area contributed by atoms with Gasteiger partial charge in [0.15, 0.2) is 6.29 Å². The summed E-state index contributed by atoms with van der Waals surface area (Å²) in [6, 6.07) is 0. The summed E-state index contributed by atoms with van der Waals surface area (Å²) in [6.45, 7) is 1.78. The third-order valence-electron chi connectivity index (χ3n) is 4.95. The molecule has 106 valence electrons. The van der Waals surface area contributed by atoms with Gasteiger partial charge in [0, 0.05) is 0 Å². The van der Waals surface area contributed by atoms with E-state index in [0.717, 1.165) is 0 Å². The lowest BCUT2D eigenvalue weighted by atomic mass is 9.76. The normalized spacial score (nSPS) is 28.3. The van der Waals surface area contributed by atoms with Gasteiger partial charge in [0.2, 0.25) is 0 Å². The minimum Gasteiger partial charge on any atom is -0.368 e. The van der Waals surface area contributed by atoms with Crippen LogP contribution >= 0.6 is 0 Å². The van der Waals surface area contributed by atoms with Crippen molar-refractivity contribution in [1.82, 2.24) is 0 Å². The second kappa shape index (κ2) is 6.91. The largest absolute Gasteiger partial charge is 0.368 e. The lowest BCUT2D eigenvalue weighted by molar-refractivity contribution is -0.205. The van der Waals surface area contributed by atoms with Gasteiger partial charge in [0.25, 0.3) is 0 Å². The SMILES string of the molecule is CC(O)OC1(C2CCCCCC2)CCCCCC1. The summed E-state index contributed by atoms with van der Waals surface area (Å²) in [5.74, 6) is 0.688. The van der Waals surface area contributed by atoms with E-state index in [2.05, 4.69) is 0 Å². The monoisotopic (exact) mass is 254 g/mol. The Bertz CT molecular complexity index is 221. The molecule has 0 aromatic heterocycles. The third-order valence-corrected chi connectivity index (χ3v) is 4.95. The van der Waals surface area contributed by atoms with Crippen molar-refractivity contribution in [2.45, 2.75) is 95.9 Å². The molecule has 0 heterocycles. The highest BCUT2D eigenvalue weighted by molar-refractivity contribution is 4.91. The zero-order chi connectivity index (χ0) is 12.8. The number of hydrogen-bond donors (Lipinski definition) is 1. The van der Waals surface area contributed by atoms with Gasteiger partial charge < -0.3 is 9.84 Å². The first kappa shape index (κ1) is 14.3. The number of aliphatic hydroxyl groups is 1. The minimum atomic E-state index is -0.605. The molecule has 2 nitrogen and oxygen atoms in total. The number of rotatable bonds is 3. The zero-order valence-corrected chi connectivity index (χ0v) is 12.0. The molecule has 1 N–H and O–H groups in total. The van der Waals surface area contributed by atoms with Crippen LogP contribution in [0.3, 0.4) is 0 Å². The molecule has 2 aliphatic carbocycles. The van der Waals surface area contributed by atoms with E-state index in [0.29, 0.717) is 5.92 Å². The maximum absolute atomic E-state index is 9.74. The molecular formula is C16H30O2. The topological polar surface area (TPSA) is 29.5 Å². The second-order valence-electron chi connectivity index (χ2n) is 6.38. The van der Waals surface area contributed by atoms with Gasteiger partial charge >= 0.3 is 0 Å². The minimum absolute atomic E-state index is 0.00495. The summed E-state index contributed by atoms with van der Waals surface area (Å²) in [7, 11) is 0. The van der Waals surface area contributed by atoms with Gasteiger partial charge in [-0.1, -0.05) is 51.4 Å². The summed E-state index contributed by atoms with van der Waals surface area (Å²) in [6.07, 6.45) is 15.1. The molecular weight excluding hydrogens is 224 g/mol. The quantitative estimate of drug-likeness (QED) is 0.597. The number of hydrogen-bond acceptors (Lipinski definition) is 2. The molecule has 2 aliphatic rings. The van der Waals surface area contributed by atoms with Crippen LogP contribution in [0.1, 0.15) is 84.0 Å². The van der Waals surface area contributed by atoms with Crippen LogP contribution in [0.15, 0.2) is 0 Å². The highest BCUT2D eigenvalue weighted by atomic mass is 16.6. The fourth-order valence-electron chi connectivity index (χ4n) is 4.09. The van der Waals surface area contributed by atoms with Gasteiger partial charge in [-0.05, 0) is 38.5 Å². The van der Waals surface area contributed by atoms with Crippen molar-refractivity contribution >= 4 is 0 Å². The van der Waals surface area contributed by atoms with E-state index >= 15 is 0 Å². The van der Waals surface area contributed by atoms with Crippen molar-refractivity contribution < 1.29 is 9.84 Å². The molecule has 2 rings (SSSR count). The molecule has 0 aromatic rings. The van der Waals surface area contributed by atoms with Crippen molar-refractivity contribution in [3.05, 3.63) is 0 Å². The van der Waals surface area contributed by atoms with Crippen LogP contribution in [0.4, 0.5) is 0 Å². The molecule has 1 atom stereocenters. The predicted octanol–water partition coefficient (Wildman–Crippen LogP) is 4.40. The van der Waals surface area contributed by atoms with Crippen LogP contribution in [0.25, 0.3) is 0 Å². The van der Waals surface area contributed by atoms with Gasteiger partial charge in [-0.25, -0.2) is 0 Å². The van der Waals surface area contributed by atoms with Crippen LogP contribution in [-0.4, -0.2) is 17.0 Å². The molecule has 18 heavy (non-hydrogen) atoms. The average Bonchev–Trinajstić information content (AvgIpc) is 2.70. The average molecular weight is 254 g/mol. The molecule has 1 unspecified atom stereocenters. The summed E-state index contributed by atoms with van der Waals surface area (Å²) < 4.78 is 6.11. The highest BCUT2D eigenvalue weighted by Crippen LogP contribution is 2.43. The van der Waals surface area contributed by atoms with Crippen molar-refractivity contribution in [3.8, 4) is 0 Å². The molecule has 0 amide bonds. The molecule has 0 bridgehead atoms. The van der Waals surface area contributed by atoms with Gasteiger partial charge in [0.1, 0.15) is 0 Å². The molecule has 0 radical (unpaired) electrons. The Morgan fingerprint density at radius 3 is 1.89 bits per heavy atom. The zero-order valence-electron chi connectivity index (χ0n) is 12.0. The maximum atomic E-state index is 9.74. The van der Waals surface area contributed by atoms with E-state index in [4.69, 9.17) is 4.74 Å². The Morgan fingerprint density at radius 2 is 1.39 bits per heavy atom. The standard InChI is InChI=1S/C16H30O2/c1-14(17)18-16(12-8-4-5-9-13-16)15-10-6-2-3-7-11-15/h14-15,17H,2-13H2,1H3. The van der Waals surface area contributed by atoms with Crippen molar-refractivity contribution in [3.63, 3.8) is 0 Å². The van der Waals surface area contributed by atoms with Crippen LogP contribution in [0.5, 0.6) is 0 Å². The van der Waals surface area contributed by atoms with Crippen molar-refractivity contribution in [2.75, 3.05) is 0 Å². The van der Waals surface area contributed by atoms with Gasteiger partial charge in [-0.2, -0.15) is 0 Å². The first-order valence-corrected chi connectivity index (χ1v) is 8.09. The molecule has 0 aliphatic heterocycles. The summed E-state index contributed by atoms with van der Waals surface area (Å²) >= 11 is 0. The molecule has 2 saturated carbocycles. The predicted molar refractivity (Wildman–Crippen MR) is 74.4 cm³/mol. The number of ether oxygens (including phenoxy) is 1. The Hall–Kier alpha value is -0.0800. The van der Waals surface area contributed by atoms with E-state index in [1.54, 1.807) is 6.92 Å². The second-order valence-corrected chi connectivity index (χ2v) is 6.38. The van der Waals surface area contributed by atoms with Crippen LogP contribution in [-0.2, 0) is 4.74 Å². The van der Waals surface area contributed by atoms with E-state index in [1.165, 1.54) is 77.0 Å². The van der Waals surface area contributed by atoms with Gasteiger partial charge in [0.05, 0.1) is 5.60 Å². The Kier molecular flexibility index (Phi) is 5.50. The number of aliphatic hydroxyl groups excluding tert-OH is 1. The summed E-state index contributed by atoms with van der Waals surface area (Å²) in [5.41, 5.74) is -0.00495. The van der Waals surface area contributed by atoms with Crippen LogP contribution in [0.2, 0.25) is 0 Å². The smallest absolute Gasteiger partial charge is 0.152 e. The van der Waals surface area contributed by atoms with Gasteiger partial charge in [-0.15, -0.1) is 0 Å². The summed E-state index contributed by atoms with van der Waals surface area (Å²) in [5, 5.41) is 9.74. The fourth-order valence-corrected chi connectivity index (χ4v) is 4.09. The maximum Gasteiger partial charge on any atom is 0.152 e.